The van der Waals surface area contributed by atoms with E-state index in [-0.39, 0.29) is 26.4 Å². The monoisotopic (exact) mass is 639 g/mol. The number of esters is 1. The van der Waals surface area contributed by atoms with E-state index < -0.39 is 48.6 Å². The Balaban J connectivity index is 1.49. The Morgan fingerprint density at radius 2 is 1.02 bits per heavy atom. The van der Waals surface area contributed by atoms with Crippen molar-refractivity contribution in [2.75, 3.05) is 7.11 Å². The van der Waals surface area contributed by atoms with Crippen LogP contribution in [-0.2, 0) is 64.4 Å². The number of hydrogen-bond acceptors (Lipinski definition) is 8. The van der Waals surface area contributed by atoms with Crippen LogP contribution in [-0.4, -0.2) is 55.7 Å². The number of hydrogen-bond donors (Lipinski definition) is 1. The van der Waals surface area contributed by atoms with E-state index in [1.807, 2.05) is 121 Å². The zero-order chi connectivity index (χ0) is 32.8. The summed E-state index contributed by atoms with van der Waals surface area (Å²) < 4.78 is 37.7. The van der Waals surface area contributed by atoms with Gasteiger partial charge in [-0.25, -0.2) is 4.79 Å². The molecule has 1 aliphatic rings. The van der Waals surface area contributed by atoms with Gasteiger partial charge < -0.3 is 33.7 Å². The first-order valence-electron chi connectivity index (χ1n) is 15.6. The van der Waals surface area contributed by atoms with Gasteiger partial charge >= 0.3 is 5.97 Å². The average Bonchev–Trinajstić information content (AvgIpc) is 3.11. The Hall–Kier alpha value is -4.38. The number of ether oxygens (including phenoxy) is 6. The molecular formula is C38H41NO8. The Morgan fingerprint density at radius 1 is 0.617 bits per heavy atom. The van der Waals surface area contributed by atoms with Crippen molar-refractivity contribution >= 4 is 11.9 Å². The third-order valence-corrected chi connectivity index (χ3v) is 7.78. The summed E-state index contributed by atoms with van der Waals surface area (Å²) >= 11 is 0. The topological polar surface area (TPSA) is 102 Å². The predicted molar refractivity (Wildman–Crippen MR) is 175 cm³/mol. The molecule has 47 heavy (non-hydrogen) atoms. The molecule has 0 saturated carbocycles. The largest absolute Gasteiger partial charge is 0.459 e. The molecule has 1 N–H and O–H groups in total. The molecule has 9 heteroatoms. The zero-order valence-electron chi connectivity index (χ0n) is 26.6. The van der Waals surface area contributed by atoms with E-state index in [2.05, 4.69) is 5.32 Å². The Labute approximate surface area is 275 Å². The van der Waals surface area contributed by atoms with Crippen molar-refractivity contribution in [1.29, 1.82) is 0 Å². The summed E-state index contributed by atoms with van der Waals surface area (Å²) in [5.41, 5.74) is 3.60. The molecule has 1 saturated heterocycles. The first-order chi connectivity index (χ1) is 23.0. The van der Waals surface area contributed by atoms with Crippen molar-refractivity contribution in [2.24, 2.45) is 0 Å². The second-order valence-corrected chi connectivity index (χ2v) is 11.3. The van der Waals surface area contributed by atoms with E-state index in [1.165, 1.54) is 14.0 Å². The molecule has 0 bridgehead atoms. The lowest BCUT2D eigenvalue weighted by Gasteiger charge is -2.47. The standard InChI is InChI=1S/C38H41NO8/c1-27(40)39-32(37(41)46-26-31-21-13-6-14-22-31)33-34(43-23-28-15-7-3-8-16-28)35(44-24-29-17-9-4-10-18-29)36(38(42-2)47-33)45-25-30-19-11-5-12-20-30/h3-22,32-36,38H,23-26H2,1-2H3,(H,39,40)/t32-,33+,34+,35-,36+,38-/m0/s1. The Kier molecular flexibility index (Phi) is 12.7. The smallest absolute Gasteiger partial charge is 0.331 e. The number of methoxy groups -OCH3 is 1. The number of rotatable bonds is 15. The predicted octanol–water partition coefficient (Wildman–Crippen LogP) is 5.36. The number of nitrogens with one attached hydrogen (secondary N) is 1. The molecule has 0 aromatic heterocycles. The third-order valence-electron chi connectivity index (χ3n) is 7.78. The van der Waals surface area contributed by atoms with E-state index in [0.717, 1.165) is 22.3 Å². The molecular weight excluding hydrogens is 598 g/mol. The summed E-state index contributed by atoms with van der Waals surface area (Å²) in [5.74, 6) is -1.11. The molecule has 1 amide bonds. The lowest BCUT2D eigenvalue weighted by atomic mass is 9.92. The highest BCUT2D eigenvalue weighted by Gasteiger charge is 2.53. The van der Waals surface area contributed by atoms with E-state index in [4.69, 9.17) is 28.4 Å². The second kappa shape index (κ2) is 17.5. The lowest BCUT2D eigenvalue weighted by molar-refractivity contribution is -0.320. The van der Waals surface area contributed by atoms with Gasteiger partial charge in [-0.15, -0.1) is 0 Å². The third kappa shape index (κ3) is 9.81. The Morgan fingerprint density at radius 3 is 1.45 bits per heavy atom. The van der Waals surface area contributed by atoms with Crippen molar-refractivity contribution in [1.82, 2.24) is 5.32 Å². The number of benzene rings is 4. The van der Waals surface area contributed by atoms with Gasteiger partial charge in [0.1, 0.15) is 31.0 Å². The first kappa shape index (κ1) is 34.0. The molecule has 6 atom stereocenters. The summed E-state index contributed by atoms with van der Waals surface area (Å²) in [4.78, 5) is 26.3. The fourth-order valence-corrected chi connectivity index (χ4v) is 5.46. The second-order valence-electron chi connectivity index (χ2n) is 11.3. The molecule has 1 heterocycles. The van der Waals surface area contributed by atoms with Crippen molar-refractivity contribution in [2.45, 2.75) is 70.1 Å². The molecule has 1 fully saturated rings. The molecule has 246 valence electrons. The van der Waals surface area contributed by atoms with Crippen molar-refractivity contribution in [3.8, 4) is 0 Å². The van der Waals surface area contributed by atoms with Gasteiger partial charge in [0.25, 0.3) is 0 Å². The maximum Gasteiger partial charge on any atom is 0.331 e. The van der Waals surface area contributed by atoms with Crippen LogP contribution in [0, 0.1) is 0 Å². The maximum absolute atomic E-state index is 13.8. The van der Waals surface area contributed by atoms with Crippen LogP contribution >= 0.6 is 0 Å². The zero-order valence-corrected chi connectivity index (χ0v) is 26.6. The molecule has 9 nitrogen and oxygen atoms in total. The Bertz CT molecular complexity index is 1510. The lowest BCUT2D eigenvalue weighted by Crippen LogP contribution is -2.67. The number of amides is 1. The molecule has 4 aromatic carbocycles. The van der Waals surface area contributed by atoms with E-state index in [0.29, 0.717) is 0 Å². The van der Waals surface area contributed by atoms with Crippen LogP contribution in [0.4, 0.5) is 0 Å². The van der Waals surface area contributed by atoms with Crippen molar-refractivity contribution in [3.05, 3.63) is 144 Å². The quantitative estimate of drug-likeness (QED) is 0.174. The minimum atomic E-state index is -1.24. The van der Waals surface area contributed by atoms with Gasteiger partial charge in [-0.3, -0.25) is 4.79 Å². The van der Waals surface area contributed by atoms with Gasteiger partial charge in [0.15, 0.2) is 12.3 Å². The summed E-state index contributed by atoms with van der Waals surface area (Å²) in [5, 5.41) is 2.76. The van der Waals surface area contributed by atoms with Gasteiger partial charge in [0.05, 0.1) is 19.8 Å². The van der Waals surface area contributed by atoms with Crippen LogP contribution in [0.5, 0.6) is 0 Å². The number of carbonyl (C=O) groups excluding carboxylic acids is 2. The molecule has 0 spiro atoms. The molecule has 1 aliphatic heterocycles. The molecule has 5 rings (SSSR count). The highest BCUT2D eigenvalue weighted by molar-refractivity contribution is 5.84. The van der Waals surface area contributed by atoms with Crippen LogP contribution in [0.25, 0.3) is 0 Å². The fourth-order valence-electron chi connectivity index (χ4n) is 5.46. The van der Waals surface area contributed by atoms with Gasteiger partial charge in [-0.2, -0.15) is 0 Å². The molecule has 0 radical (unpaired) electrons. The molecule has 0 aliphatic carbocycles. The van der Waals surface area contributed by atoms with Gasteiger partial charge in [-0.1, -0.05) is 121 Å². The van der Waals surface area contributed by atoms with Crippen LogP contribution < -0.4 is 5.32 Å². The van der Waals surface area contributed by atoms with Crippen LogP contribution in [0.2, 0.25) is 0 Å². The minimum Gasteiger partial charge on any atom is -0.459 e. The minimum absolute atomic E-state index is 0.0163. The highest BCUT2D eigenvalue weighted by atomic mass is 16.7. The van der Waals surface area contributed by atoms with E-state index in [1.54, 1.807) is 0 Å². The number of carbonyl (C=O) groups is 2. The normalized spacial score (nSPS) is 21.4. The van der Waals surface area contributed by atoms with Gasteiger partial charge in [0.2, 0.25) is 5.91 Å². The summed E-state index contributed by atoms with van der Waals surface area (Å²) in [7, 11) is 1.50. The van der Waals surface area contributed by atoms with E-state index in [9.17, 15) is 9.59 Å². The van der Waals surface area contributed by atoms with E-state index >= 15 is 0 Å². The molecule has 4 aromatic rings. The highest BCUT2D eigenvalue weighted by Crippen LogP contribution is 2.33. The van der Waals surface area contributed by atoms with Crippen molar-refractivity contribution < 1.29 is 38.0 Å². The first-order valence-corrected chi connectivity index (χ1v) is 15.6. The SMILES string of the molecule is CO[C@H]1O[C@H]([C@H](NC(C)=O)C(=O)OCc2ccccc2)[C@@H](OCc2ccccc2)[C@H](OCc2ccccc2)[C@H]1OCc1ccccc1. The molecule has 0 unspecified atom stereocenters. The van der Waals surface area contributed by atoms with Crippen LogP contribution in [0.1, 0.15) is 29.2 Å². The van der Waals surface area contributed by atoms with Gasteiger partial charge in [0, 0.05) is 14.0 Å². The fraction of sp³-hybridized carbons (Fsp3) is 0.316. The van der Waals surface area contributed by atoms with Crippen molar-refractivity contribution in [3.63, 3.8) is 0 Å². The summed E-state index contributed by atoms with van der Waals surface area (Å²) in [6.45, 7) is 2.02. The summed E-state index contributed by atoms with van der Waals surface area (Å²) in [6, 6.07) is 37.2. The van der Waals surface area contributed by atoms with Gasteiger partial charge in [-0.05, 0) is 22.3 Å². The average molecular weight is 640 g/mol. The van der Waals surface area contributed by atoms with Crippen LogP contribution in [0.15, 0.2) is 121 Å². The van der Waals surface area contributed by atoms with Crippen LogP contribution in [0.3, 0.4) is 0 Å². The summed E-state index contributed by atoms with van der Waals surface area (Å²) in [6.07, 6.45) is -4.48. The maximum atomic E-state index is 13.8.